The van der Waals surface area contributed by atoms with Gasteiger partial charge in [0.15, 0.2) is 0 Å². The molecule has 1 aromatic heterocycles. The molecule has 1 unspecified atom stereocenters. The van der Waals surface area contributed by atoms with Crippen molar-refractivity contribution in [2.75, 3.05) is 39.0 Å². The zero-order valence-electron chi connectivity index (χ0n) is 15.5. The second-order valence-corrected chi connectivity index (χ2v) is 6.86. The van der Waals surface area contributed by atoms with Gasteiger partial charge in [-0.05, 0) is 65.7 Å². The van der Waals surface area contributed by atoms with E-state index in [1.54, 1.807) is 6.07 Å². The van der Waals surface area contributed by atoms with Crippen LogP contribution in [0.1, 0.15) is 55.2 Å². The molecule has 1 amide bonds. The number of carbonyl (C=O) groups is 1. The van der Waals surface area contributed by atoms with Gasteiger partial charge in [0.1, 0.15) is 5.69 Å². The van der Waals surface area contributed by atoms with Gasteiger partial charge < -0.3 is 15.1 Å². The molecule has 0 aliphatic carbocycles. The Kier molecular flexibility index (Phi) is 6.97. The third-order valence-corrected chi connectivity index (χ3v) is 4.50. The first-order valence-electron chi connectivity index (χ1n) is 9.06. The zero-order chi connectivity index (χ0) is 17.5. The van der Waals surface area contributed by atoms with E-state index in [9.17, 15) is 4.79 Å². The van der Waals surface area contributed by atoms with E-state index in [1.807, 2.05) is 11.8 Å². The van der Waals surface area contributed by atoms with Crippen molar-refractivity contribution in [1.82, 2.24) is 19.8 Å². The third kappa shape index (κ3) is 5.16. The first-order chi connectivity index (χ1) is 11.5. The van der Waals surface area contributed by atoms with Gasteiger partial charge in [-0.15, -0.1) is 0 Å². The number of likely N-dealkylation sites (tertiary alicyclic amines) is 1. The van der Waals surface area contributed by atoms with Crippen LogP contribution in [0.25, 0.3) is 0 Å². The van der Waals surface area contributed by atoms with Gasteiger partial charge in [-0.25, -0.2) is 9.97 Å². The summed E-state index contributed by atoms with van der Waals surface area (Å²) in [6, 6.07) is 2.15. The van der Waals surface area contributed by atoms with Gasteiger partial charge in [0.25, 0.3) is 5.91 Å². The lowest BCUT2D eigenvalue weighted by atomic mass is 9.99. The van der Waals surface area contributed by atoms with E-state index in [-0.39, 0.29) is 5.91 Å². The van der Waals surface area contributed by atoms with Crippen molar-refractivity contribution < 1.29 is 4.79 Å². The van der Waals surface area contributed by atoms with Gasteiger partial charge in [-0.3, -0.25) is 4.79 Å². The van der Waals surface area contributed by atoms with Gasteiger partial charge in [0.05, 0.1) is 0 Å². The van der Waals surface area contributed by atoms with Gasteiger partial charge in [0, 0.05) is 24.8 Å². The second kappa shape index (κ2) is 8.97. The molecule has 0 radical (unpaired) electrons. The van der Waals surface area contributed by atoms with Crippen LogP contribution in [-0.4, -0.2) is 65.4 Å². The van der Waals surface area contributed by atoms with Crippen LogP contribution in [0.5, 0.6) is 0 Å². The molecule has 1 fully saturated rings. The molecule has 1 aromatic rings. The highest BCUT2D eigenvalue weighted by Crippen LogP contribution is 2.21. The number of nitrogens with zero attached hydrogens (tertiary/aromatic N) is 4. The molecule has 0 aromatic carbocycles. The molecule has 1 N–H and O–H groups in total. The SMILES string of the molecule is CCC1CCCCN1C(=O)c1cc(C)nc(NCCCN(C)C)n1. The Hall–Kier alpha value is -1.69. The molecule has 1 atom stereocenters. The molecular weight excluding hydrogens is 302 g/mol. The maximum absolute atomic E-state index is 12.9. The molecule has 24 heavy (non-hydrogen) atoms. The van der Waals surface area contributed by atoms with Crippen molar-refractivity contribution in [2.24, 2.45) is 0 Å². The van der Waals surface area contributed by atoms with Crippen LogP contribution in [0.15, 0.2) is 6.07 Å². The summed E-state index contributed by atoms with van der Waals surface area (Å²) >= 11 is 0. The molecular formula is C18H31N5O. The van der Waals surface area contributed by atoms with E-state index in [4.69, 9.17) is 0 Å². The van der Waals surface area contributed by atoms with Crippen LogP contribution >= 0.6 is 0 Å². The largest absolute Gasteiger partial charge is 0.354 e. The van der Waals surface area contributed by atoms with Crippen molar-refractivity contribution in [3.63, 3.8) is 0 Å². The van der Waals surface area contributed by atoms with Gasteiger partial charge >= 0.3 is 0 Å². The average Bonchev–Trinajstić information content (AvgIpc) is 2.57. The number of hydrogen-bond acceptors (Lipinski definition) is 5. The van der Waals surface area contributed by atoms with E-state index >= 15 is 0 Å². The number of nitrogens with one attached hydrogen (secondary N) is 1. The lowest BCUT2D eigenvalue weighted by molar-refractivity contribution is 0.0602. The van der Waals surface area contributed by atoms with Crippen molar-refractivity contribution in [1.29, 1.82) is 0 Å². The smallest absolute Gasteiger partial charge is 0.272 e. The highest BCUT2D eigenvalue weighted by molar-refractivity contribution is 5.93. The fourth-order valence-electron chi connectivity index (χ4n) is 3.19. The number of anilines is 1. The summed E-state index contributed by atoms with van der Waals surface area (Å²) in [6.07, 6.45) is 5.41. The van der Waals surface area contributed by atoms with Crippen molar-refractivity contribution in [3.8, 4) is 0 Å². The summed E-state index contributed by atoms with van der Waals surface area (Å²) < 4.78 is 0. The highest BCUT2D eigenvalue weighted by Gasteiger charge is 2.27. The Labute approximate surface area is 145 Å². The average molecular weight is 333 g/mol. The fourth-order valence-corrected chi connectivity index (χ4v) is 3.19. The van der Waals surface area contributed by atoms with Crippen LogP contribution in [0, 0.1) is 6.92 Å². The Morgan fingerprint density at radius 2 is 2.17 bits per heavy atom. The number of aromatic nitrogens is 2. The Bertz CT molecular complexity index is 546. The summed E-state index contributed by atoms with van der Waals surface area (Å²) in [7, 11) is 4.12. The van der Waals surface area contributed by atoms with E-state index < -0.39 is 0 Å². The quantitative estimate of drug-likeness (QED) is 0.777. The molecule has 134 valence electrons. The topological polar surface area (TPSA) is 61.4 Å². The maximum atomic E-state index is 12.9. The maximum Gasteiger partial charge on any atom is 0.272 e. The summed E-state index contributed by atoms with van der Waals surface area (Å²) in [6.45, 7) is 6.72. The standard InChI is InChI=1S/C18H31N5O/c1-5-15-9-6-7-12-23(15)17(24)16-13-14(2)20-18(21-16)19-10-8-11-22(3)4/h13,15H,5-12H2,1-4H3,(H,19,20,21). The monoisotopic (exact) mass is 333 g/mol. The molecule has 0 bridgehead atoms. The number of amides is 1. The predicted molar refractivity (Wildman–Crippen MR) is 97.4 cm³/mol. The zero-order valence-corrected chi connectivity index (χ0v) is 15.5. The van der Waals surface area contributed by atoms with E-state index in [0.717, 1.165) is 51.0 Å². The van der Waals surface area contributed by atoms with Crippen molar-refractivity contribution in [3.05, 3.63) is 17.5 Å². The second-order valence-electron chi connectivity index (χ2n) is 6.86. The summed E-state index contributed by atoms with van der Waals surface area (Å²) in [5, 5.41) is 3.24. The fraction of sp³-hybridized carbons (Fsp3) is 0.722. The van der Waals surface area contributed by atoms with Gasteiger partial charge in [-0.2, -0.15) is 0 Å². The van der Waals surface area contributed by atoms with Crippen LogP contribution in [0.3, 0.4) is 0 Å². The number of aryl methyl sites for hydroxylation is 1. The van der Waals surface area contributed by atoms with Crippen LogP contribution in [-0.2, 0) is 0 Å². The summed E-state index contributed by atoms with van der Waals surface area (Å²) in [5.41, 5.74) is 1.34. The summed E-state index contributed by atoms with van der Waals surface area (Å²) in [5.74, 6) is 0.602. The first kappa shape index (κ1) is 18.6. The van der Waals surface area contributed by atoms with Crippen LogP contribution < -0.4 is 5.32 Å². The molecule has 0 spiro atoms. The molecule has 1 aliphatic heterocycles. The predicted octanol–water partition coefficient (Wildman–Crippen LogP) is 2.55. The first-order valence-corrected chi connectivity index (χ1v) is 9.06. The Morgan fingerprint density at radius 1 is 1.38 bits per heavy atom. The van der Waals surface area contributed by atoms with E-state index in [1.165, 1.54) is 6.42 Å². The van der Waals surface area contributed by atoms with Crippen LogP contribution in [0.2, 0.25) is 0 Å². The molecule has 2 rings (SSSR count). The van der Waals surface area contributed by atoms with Crippen molar-refractivity contribution in [2.45, 2.75) is 52.0 Å². The Balaban J connectivity index is 2.05. The highest BCUT2D eigenvalue weighted by atomic mass is 16.2. The minimum atomic E-state index is 0.0448. The van der Waals surface area contributed by atoms with Gasteiger partial charge in [0.2, 0.25) is 5.95 Å². The minimum Gasteiger partial charge on any atom is -0.354 e. The molecule has 1 saturated heterocycles. The lowest BCUT2D eigenvalue weighted by Crippen LogP contribution is -2.43. The number of carbonyl (C=O) groups excluding carboxylic acids is 1. The molecule has 6 nitrogen and oxygen atoms in total. The van der Waals surface area contributed by atoms with Crippen LogP contribution in [0.4, 0.5) is 5.95 Å². The van der Waals surface area contributed by atoms with E-state index in [2.05, 4.69) is 41.2 Å². The molecule has 1 aliphatic rings. The van der Waals surface area contributed by atoms with Gasteiger partial charge in [-0.1, -0.05) is 6.92 Å². The molecule has 6 heteroatoms. The van der Waals surface area contributed by atoms with E-state index in [0.29, 0.717) is 17.7 Å². The summed E-state index contributed by atoms with van der Waals surface area (Å²) in [4.78, 5) is 25.9. The third-order valence-electron chi connectivity index (χ3n) is 4.50. The normalized spacial score (nSPS) is 18.0. The number of piperidine rings is 1. The number of hydrogen-bond donors (Lipinski definition) is 1. The minimum absolute atomic E-state index is 0.0448. The lowest BCUT2D eigenvalue weighted by Gasteiger charge is -2.35. The molecule has 2 heterocycles. The molecule has 0 saturated carbocycles. The number of rotatable bonds is 7. The Morgan fingerprint density at radius 3 is 2.88 bits per heavy atom. The van der Waals surface area contributed by atoms with Crippen molar-refractivity contribution >= 4 is 11.9 Å².